The van der Waals surface area contributed by atoms with Crippen LogP contribution in [0.25, 0.3) is 0 Å². The fourth-order valence-electron chi connectivity index (χ4n) is 10.4. The van der Waals surface area contributed by atoms with Crippen LogP contribution in [0.3, 0.4) is 0 Å². The average Bonchev–Trinajstić information content (AvgIpc) is 3.30. The Morgan fingerprint density at radius 1 is 1.02 bits per heavy atom. The average molecular weight is 552 g/mol. The first-order valence-electron chi connectivity index (χ1n) is 16.6. The van der Waals surface area contributed by atoms with Gasteiger partial charge in [0.25, 0.3) is 0 Å². The molecule has 0 bridgehead atoms. The second-order valence-corrected chi connectivity index (χ2v) is 14.4. The predicted molar refractivity (Wildman–Crippen MR) is 158 cm³/mol. The van der Waals surface area contributed by atoms with Crippen molar-refractivity contribution in [2.45, 2.75) is 121 Å². The summed E-state index contributed by atoms with van der Waals surface area (Å²) in [7, 11) is 1.79. The molecule has 222 valence electrons. The van der Waals surface area contributed by atoms with Crippen molar-refractivity contribution in [3.05, 3.63) is 29.8 Å². The van der Waals surface area contributed by atoms with Gasteiger partial charge >= 0.3 is 0 Å². The first-order chi connectivity index (χ1) is 19.4. The minimum atomic E-state index is -0.211. The largest absolute Gasteiger partial charge is 0.494 e. The van der Waals surface area contributed by atoms with Crippen molar-refractivity contribution in [2.75, 3.05) is 20.3 Å². The normalized spacial score (nSPS) is 38.8. The number of ketones is 1. The number of carbonyl (C=O) groups excluding carboxylic acids is 1. The summed E-state index contributed by atoms with van der Waals surface area (Å²) in [5, 5.41) is 15.3. The highest BCUT2D eigenvalue weighted by atomic mass is 16.5. The van der Waals surface area contributed by atoms with Crippen molar-refractivity contribution in [2.24, 2.45) is 34.5 Å². The molecule has 40 heavy (non-hydrogen) atoms. The number of hydrogen-bond acceptors (Lipinski definition) is 5. The Hall–Kier alpha value is -1.43. The topological polar surface area (TPSA) is 67.8 Å². The lowest BCUT2D eigenvalue weighted by Crippen LogP contribution is -2.55. The molecule has 0 aromatic heterocycles. The Kier molecular flexibility index (Phi) is 8.64. The van der Waals surface area contributed by atoms with Crippen LogP contribution in [-0.2, 0) is 9.53 Å². The smallest absolute Gasteiger partial charge is 0.133 e. The number of aliphatic hydroxyl groups is 1. The third-order valence-electron chi connectivity index (χ3n) is 12.6. The van der Waals surface area contributed by atoms with E-state index >= 15 is 0 Å². The molecule has 5 nitrogen and oxygen atoms in total. The summed E-state index contributed by atoms with van der Waals surface area (Å²) >= 11 is 0. The number of carbonyl (C=O) groups is 1. The van der Waals surface area contributed by atoms with Crippen LogP contribution in [-0.4, -0.2) is 43.4 Å². The first-order valence-corrected chi connectivity index (χ1v) is 16.6. The van der Waals surface area contributed by atoms with Gasteiger partial charge in [0.2, 0.25) is 0 Å². The molecule has 0 spiro atoms. The molecule has 5 saturated carbocycles. The number of benzene rings is 1. The van der Waals surface area contributed by atoms with Crippen molar-refractivity contribution in [1.82, 2.24) is 5.32 Å². The van der Waals surface area contributed by atoms with Gasteiger partial charge in [-0.1, -0.05) is 38.3 Å². The Labute approximate surface area is 242 Å². The van der Waals surface area contributed by atoms with E-state index in [4.69, 9.17) is 9.47 Å². The summed E-state index contributed by atoms with van der Waals surface area (Å²) in [5.41, 5.74) is 1.55. The molecule has 1 aromatic carbocycles. The van der Waals surface area contributed by atoms with Crippen LogP contribution in [0, 0.1) is 34.5 Å². The number of aliphatic hydroxyl groups excluding tert-OH is 1. The van der Waals surface area contributed by atoms with Crippen molar-refractivity contribution in [3.63, 3.8) is 0 Å². The van der Waals surface area contributed by atoms with Gasteiger partial charge < -0.3 is 19.9 Å². The Balaban J connectivity index is 1.11. The summed E-state index contributed by atoms with van der Waals surface area (Å²) in [6.45, 7) is 3.83. The molecule has 0 saturated heterocycles. The van der Waals surface area contributed by atoms with Crippen LogP contribution >= 0.6 is 0 Å². The molecule has 5 aliphatic carbocycles. The molecular formula is C35H53NO4. The van der Waals surface area contributed by atoms with Gasteiger partial charge in [-0.15, -0.1) is 0 Å². The summed E-state index contributed by atoms with van der Waals surface area (Å²) in [5.74, 6) is 4.01. The fraction of sp³-hybridized carbons (Fsp3) is 0.800. The van der Waals surface area contributed by atoms with Crippen molar-refractivity contribution in [3.8, 4) is 5.75 Å². The number of methoxy groups -OCH3 is 1. The maximum absolute atomic E-state index is 12.3. The van der Waals surface area contributed by atoms with E-state index in [0.717, 1.165) is 56.6 Å². The maximum atomic E-state index is 12.3. The number of fused-ring (bicyclic) bond motifs is 5. The van der Waals surface area contributed by atoms with Gasteiger partial charge in [-0.05, 0) is 111 Å². The van der Waals surface area contributed by atoms with Crippen LogP contribution in [0.4, 0.5) is 0 Å². The van der Waals surface area contributed by atoms with E-state index in [0.29, 0.717) is 48.2 Å². The Morgan fingerprint density at radius 3 is 2.70 bits per heavy atom. The molecule has 0 aliphatic heterocycles. The monoisotopic (exact) mass is 551 g/mol. The first kappa shape index (κ1) is 28.7. The van der Waals surface area contributed by atoms with Crippen LogP contribution in [0.2, 0.25) is 0 Å². The third-order valence-corrected chi connectivity index (χ3v) is 12.6. The van der Waals surface area contributed by atoms with Crippen LogP contribution < -0.4 is 10.1 Å². The Morgan fingerprint density at radius 2 is 1.88 bits per heavy atom. The van der Waals surface area contributed by atoms with Gasteiger partial charge in [-0.2, -0.15) is 0 Å². The predicted octanol–water partition coefficient (Wildman–Crippen LogP) is 7.02. The van der Waals surface area contributed by atoms with E-state index in [1.165, 1.54) is 56.9 Å². The molecule has 0 amide bonds. The number of hydrogen-bond donors (Lipinski definition) is 2. The van der Waals surface area contributed by atoms with E-state index in [1.54, 1.807) is 7.11 Å². The molecule has 0 radical (unpaired) electrons. The highest BCUT2D eigenvalue weighted by molar-refractivity contribution is 5.79. The Bertz CT molecular complexity index is 1020. The van der Waals surface area contributed by atoms with Gasteiger partial charge in [0.05, 0.1) is 25.4 Å². The number of ether oxygens (including phenoxy) is 2. The minimum Gasteiger partial charge on any atom is -0.494 e. The van der Waals surface area contributed by atoms with E-state index in [2.05, 4.69) is 36.5 Å². The fourth-order valence-corrected chi connectivity index (χ4v) is 10.4. The van der Waals surface area contributed by atoms with E-state index in [9.17, 15) is 9.90 Å². The van der Waals surface area contributed by atoms with Gasteiger partial charge in [-0.25, -0.2) is 0 Å². The summed E-state index contributed by atoms with van der Waals surface area (Å²) < 4.78 is 12.1. The summed E-state index contributed by atoms with van der Waals surface area (Å²) in [6.07, 6.45) is 16.8. The molecule has 8 atom stereocenters. The quantitative estimate of drug-likeness (QED) is 0.345. The lowest BCUT2D eigenvalue weighted by molar-refractivity contribution is -0.145. The van der Waals surface area contributed by atoms with Gasteiger partial charge in [0.1, 0.15) is 11.5 Å². The second-order valence-electron chi connectivity index (χ2n) is 14.4. The molecule has 6 rings (SSSR count). The van der Waals surface area contributed by atoms with Gasteiger partial charge in [-0.3, -0.25) is 4.79 Å². The van der Waals surface area contributed by atoms with Crippen molar-refractivity contribution >= 4 is 5.78 Å². The van der Waals surface area contributed by atoms with Crippen molar-refractivity contribution in [1.29, 1.82) is 0 Å². The molecule has 5 heteroatoms. The lowest BCUT2D eigenvalue weighted by Gasteiger charge is -2.60. The maximum Gasteiger partial charge on any atom is 0.133 e. The van der Waals surface area contributed by atoms with Crippen molar-refractivity contribution < 1.29 is 19.4 Å². The molecule has 5 unspecified atom stereocenters. The highest BCUT2D eigenvalue weighted by Crippen LogP contribution is 2.66. The van der Waals surface area contributed by atoms with Crippen LogP contribution in [0.15, 0.2) is 24.3 Å². The zero-order valence-corrected chi connectivity index (χ0v) is 25.0. The standard InChI is InChI=1S/C35H53NO4/c1-34-17-15-27(37)22-25(34)11-12-29-30(34)16-18-35(31(29)13-14-33(35)38)19-20-40-28-10-6-7-24(21-28)32(23-39-2)36-26-8-4-3-5-9-26/h6-7,10,21,25-26,29-33,36,38H,3-5,8-9,11-20,22-23H2,1-2H3/t25?,29?,30?,31?,32?,33-,34-,35+/m0/s1. The molecule has 2 N–H and O–H groups in total. The summed E-state index contributed by atoms with van der Waals surface area (Å²) in [4.78, 5) is 12.3. The molecule has 5 aliphatic rings. The van der Waals surface area contributed by atoms with E-state index < -0.39 is 0 Å². The molecule has 0 heterocycles. The molecular weight excluding hydrogens is 498 g/mol. The summed E-state index contributed by atoms with van der Waals surface area (Å²) in [6, 6.07) is 9.33. The minimum absolute atomic E-state index is 0.00637. The van der Waals surface area contributed by atoms with Crippen LogP contribution in [0.5, 0.6) is 5.75 Å². The van der Waals surface area contributed by atoms with E-state index in [1.807, 2.05) is 0 Å². The van der Waals surface area contributed by atoms with Crippen LogP contribution in [0.1, 0.15) is 115 Å². The van der Waals surface area contributed by atoms with E-state index in [-0.39, 0.29) is 17.6 Å². The second kappa shape index (κ2) is 12.1. The third kappa shape index (κ3) is 5.40. The molecule has 5 fully saturated rings. The zero-order chi connectivity index (χ0) is 27.7. The number of Topliss-reactive ketones (excluding diaryl/α,β-unsaturated/α-hetero) is 1. The SMILES string of the molecule is COCC(NC1CCCCC1)c1cccc(OCC[C@]23CCC4C(CCC5CC(=O)CC[C@@]54C)C2CC[C@@H]3O)c1. The van der Waals surface area contributed by atoms with Gasteiger partial charge in [0.15, 0.2) is 0 Å². The molecule has 1 aromatic rings. The highest BCUT2D eigenvalue weighted by Gasteiger charge is 2.61. The lowest BCUT2D eigenvalue weighted by atomic mass is 9.44. The number of nitrogens with one attached hydrogen (secondary N) is 1. The number of rotatable bonds is 9. The zero-order valence-electron chi connectivity index (χ0n) is 25.0. The van der Waals surface area contributed by atoms with Gasteiger partial charge in [0, 0.05) is 31.4 Å².